The fourth-order valence-electron chi connectivity index (χ4n) is 5.35. The van der Waals surface area contributed by atoms with Gasteiger partial charge in [0.1, 0.15) is 5.57 Å². The largest absolute Gasteiger partial charge is 0.648 e. The highest BCUT2D eigenvalue weighted by molar-refractivity contribution is 7.95. The van der Waals surface area contributed by atoms with Crippen LogP contribution in [0.5, 0.6) is 0 Å². The molecule has 0 aromatic heterocycles. The van der Waals surface area contributed by atoms with Crippen LogP contribution in [0.15, 0.2) is 127 Å². The Balaban J connectivity index is 1.56. The lowest BCUT2D eigenvalue weighted by Gasteiger charge is -2.38. The Morgan fingerprint density at radius 1 is 0.727 bits per heavy atom. The Bertz CT molecular complexity index is 1400. The summed E-state index contributed by atoms with van der Waals surface area (Å²) in [4.78, 5) is 25.1. The fraction of sp³-hybridized carbons (Fsp3) is 0.200. The van der Waals surface area contributed by atoms with Gasteiger partial charge < -0.3 is 23.3 Å². The van der Waals surface area contributed by atoms with Gasteiger partial charge in [0.2, 0.25) is 0 Å². The zero-order chi connectivity index (χ0) is 31.4. The molecule has 4 aromatic rings. The smallest absolute Gasteiger partial charge is 0.465 e. The molecule has 0 fully saturated rings. The van der Waals surface area contributed by atoms with Gasteiger partial charge in [-0.1, -0.05) is 121 Å². The van der Waals surface area contributed by atoms with Crippen molar-refractivity contribution in [1.82, 2.24) is 0 Å². The van der Waals surface area contributed by atoms with Crippen LogP contribution in [0.3, 0.4) is 0 Å². The van der Waals surface area contributed by atoms with Gasteiger partial charge in [0.15, 0.2) is 0 Å². The van der Waals surface area contributed by atoms with E-state index in [1.165, 1.54) is 14.2 Å². The Morgan fingerprint density at radius 2 is 1.14 bits per heavy atom. The van der Waals surface area contributed by atoms with Crippen LogP contribution in [0.4, 0.5) is 0 Å². The van der Waals surface area contributed by atoms with Crippen LogP contribution < -0.4 is 0 Å². The van der Waals surface area contributed by atoms with Crippen LogP contribution in [0, 0.1) is 0 Å². The van der Waals surface area contributed by atoms with Crippen LogP contribution >= 0.6 is 12.0 Å². The molecular weight excluding hydrogens is 575 g/mol. The molecule has 1 unspecified atom stereocenters. The standard InChI is InChI=1S/C35H35BO7S/c1-26(24-35(28-18-10-5-11-19-28,29-20-12-6-13-21-29)30-22-14-7-15-23-30)42-36(39)43-44-25-31(27-16-8-4-9-17-27)32(33(37)40-2)34(38)41-3/h4-23,26,39H,24-25H2,1-3H3. The highest BCUT2D eigenvalue weighted by Gasteiger charge is 2.39. The summed E-state index contributed by atoms with van der Waals surface area (Å²) in [6, 6.07) is 39.6. The molecule has 0 saturated heterocycles. The fourth-order valence-corrected chi connectivity index (χ4v) is 6.01. The van der Waals surface area contributed by atoms with E-state index in [0.29, 0.717) is 17.6 Å². The predicted molar refractivity (Wildman–Crippen MR) is 173 cm³/mol. The second-order valence-corrected chi connectivity index (χ2v) is 10.7. The number of carbonyl (C=O) groups excluding carboxylic acids is 2. The normalized spacial score (nSPS) is 11.7. The van der Waals surface area contributed by atoms with E-state index in [9.17, 15) is 14.6 Å². The minimum absolute atomic E-state index is 0.0281. The molecule has 226 valence electrons. The Morgan fingerprint density at radius 3 is 1.55 bits per heavy atom. The van der Waals surface area contributed by atoms with Gasteiger partial charge in [0.05, 0.1) is 14.2 Å². The van der Waals surface area contributed by atoms with E-state index in [-0.39, 0.29) is 11.3 Å². The highest BCUT2D eigenvalue weighted by Crippen LogP contribution is 2.43. The van der Waals surface area contributed by atoms with Crippen LogP contribution in [0.25, 0.3) is 5.57 Å². The molecule has 0 saturated carbocycles. The molecule has 1 atom stereocenters. The molecule has 0 bridgehead atoms. The molecule has 9 heteroatoms. The maximum atomic E-state index is 12.5. The lowest BCUT2D eigenvalue weighted by Crippen LogP contribution is -2.36. The number of esters is 2. The second-order valence-electron chi connectivity index (χ2n) is 10.0. The monoisotopic (exact) mass is 610 g/mol. The third-order valence-corrected chi connectivity index (χ3v) is 8.01. The molecule has 0 aliphatic heterocycles. The molecule has 7 nitrogen and oxygen atoms in total. The summed E-state index contributed by atoms with van der Waals surface area (Å²) in [6.07, 6.45) is 0.0381. The summed E-state index contributed by atoms with van der Waals surface area (Å²) < 4.78 is 21.3. The summed E-state index contributed by atoms with van der Waals surface area (Å²) in [5, 5.41) is 10.8. The SMILES string of the molecule is COC(=O)C(C(=O)OC)=C(CSOB(O)OC(C)CC(c1ccccc1)(c1ccccc1)c1ccccc1)c1ccccc1. The molecule has 0 aliphatic carbocycles. The second kappa shape index (κ2) is 16.1. The lowest BCUT2D eigenvalue weighted by atomic mass is 9.66. The number of benzene rings is 4. The summed E-state index contributed by atoms with van der Waals surface area (Å²) >= 11 is 0.849. The average Bonchev–Trinajstić information content (AvgIpc) is 3.07. The van der Waals surface area contributed by atoms with Crippen molar-refractivity contribution >= 4 is 36.9 Å². The van der Waals surface area contributed by atoms with Gasteiger partial charge in [0.25, 0.3) is 0 Å². The Labute approximate surface area is 263 Å². The van der Waals surface area contributed by atoms with Crippen molar-refractivity contribution in [3.05, 3.63) is 149 Å². The summed E-state index contributed by atoms with van der Waals surface area (Å²) in [7, 11) is 0.792. The van der Waals surface area contributed by atoms with Gasteiger partial charge in [-0.25, -0.2) is 9.59 Å². The topological polar surface area (TPSA) is 91.3 Å². The van der Waals surface area contributed by atoms with Gasteiger partial charge in [-0.15, -0.1) is 0 Å². The lowest BCUT2D eigenvalue weighted by molar-refractivity contribution is -0.143. The third kappa shape index (κ3) is 7.87. The molecule has 0 heterocycles. The van der Waals surface area contributed by atoms with Crippen LogP contribution in [0.1, 0.15) is 35.6 Å². The quantitative estimate of drug-likeness (QED) is 0.0341. The number of methoxy groups -OCH3 is 2. The first-order chi connectivity index (χ1) is 21.4. The van der Waals surface area contributed by atoms with Crippen molar-refractivity contribution in [2.24, 2.45) is 0 Å². The van der Waals surface area contributed by atoms with Crippen molar-refractivity contribution in [1.29, 1.82) is 0 Å². The van der Waals surface area contributed by atoms with E-state index >= 15 is 0 Å². The van der Waals surface area contributed by atoms with Gasteiger partial charge in [-0.2, -0.15) is 0 Å². The number of hydrogen-bond donors (Lipinski definition) is 1. The molecule has 0 radical (unpaired) electrons. The number of hydrogen-bond acceptors (Lipinski definition) is 8. The van der Waals surface area contributed by atoms with Gasteiger partial charge >= 0.3 is 19.3 Å². The van der Waals surface area contributed by atoms with Gasteiger partial charge in [-0.3, -0.25) is 0 Å². The van der Waals surface area contributed by atoms with Crippen molar-refractivity contribution in [2.75, 3.05) is 20.0 Å². The van der Waals surface area contributed by atoms with Crippen molar-refractivity contribution in [3.63, 3.8) is 0 Å². The zero-order valence-corrected chi connectivity index (χ0v) is 25.7. The molecule has 0 amide bonds. The van der Waals surface area contributed by atoms with Crippen molar-refractivity contribution in [3.8, 4) is 0 Å². The van der Waals surface area contributed by atoms with E-state index in [2.05, 4.69) is 36.4 Å². The van der Waals surface area contributed by atoms with E-state index in [0.717, 1.165) is 28.7 Å². The average molecular weight is 611 g/mol. The molecule has 0 spiro atoms. The van der Waals surface area contributed by atoms with E-state index in [1.54, 1.807) is 24.3 Å². The number of carbonyl (C=O) groups is 2. The van der Waals surface area contributed by atoms with E-state index < -0.39 is 30.8 Å². The molecule has 1 N–H and O–H groups in total. The predicted octanol–water partition coefficient (Wildman–Crippen LogP) is 6.26. The molecule has 4 aromatic carbocycles. The molecular formula is C35H35BO7S. The number of rotatable bonds is 14. The summed E-state index contributed by atoms with van der Waals surface area (Å²) in [5.74, 6) is -1.64. The first-order valence-corrected chi connectivity index (χ1v) is 15.0. The minimum Gasteiger partial charge on any atom is -0.465 e. The highest BCUT2D eigenvalue weighted by atomic mass is 32.2. The third-order valence-electron chi connectivity index (χ3n) is 7.30. The molecule has 44 heavy (non-hydrogen) atoms. The van der Waals surface area contributed by atoms with Crippen LogP contribution in [-0.2, 0) is 33.2 Å². The maximum absolute atomic E-state index is 12.5. The Hall–Kier alpha value is -4.15. The van der Waals surface area contributed by atoms with Crippen LogP contribution in [-0.4, -0.2) is 50.4 Å². The number of ether oxygens (including phenoxy) is 2. The summed E-state index contributed by atoms with van der Waals surface area (Å²) in [6.45, 7) is 1.89. The van der Waals surface area contributed by atoms with Crippen molar-refractivity contribution < 1.29 is 32.8 Å². The van der Waals surface area contributed by atoms with E-state index in [1.807, 2.05) is 67.6 Å². The van der Waals surface area contributed by atoms with Crippen LogP contribution in [0.2, 0.25) is 0 Å². The van der Waals surface area contributed by atoms with Gasteiger partial charge in [0, 0.05) is 17.3 Å². The maximum Gasteiger partial charge on any atom is 0.648 e. The first kappa shape index (κ1) is 32.8. The Kier molecular flexibility index (Phi) is 12.0. The summed E-state index contributed by atoms with van der Waals surface area (Å²) in [5.41, 5.74) is 3.40. The van der Waals surface area contributed by atoms with Crippen molar-refractivity contribution in [2.45, 2.75) is 24.9 Å². The molecule has 4 rings (SSSR count). The van der Waals surface area contributed by atoms with Gasteiger partial charge in [-0.05, 0) is 53.2 Å². The van der Waals surface area contributed by atoms with E-state index in [4.69, 9.17) is 18.2 Å². The minimum atomic E-state index is -1.59. The zero-order valence-electron chi connectivity index (χ0n) is 24.9. The first-order valence-electron chi connectivity index (χ1n) is 14.1. The molecule has 0 aliphatic rings.